The molecule has 2 aromatic rings. The van der Waals surface area contributed by atoms with Gasteiger partial charge in [0, 0.05) is 18.4 Å². The molecule has 3 heteroatoms. The van der Waals surface area contributed by atoms with Crippen molar-refractivity contribution >= 4 is 11.5 Å². The highest BCUT2D eigenvalue weighted by Gasteiger charge is 2.25. The third-order valence-electron chi connectivity index (χ3n) is 3.15. The summed E-state index contributed by atoms with van der Waals surface area (Å²) in [5.41, 5.74) is 1.01. The maximum Gasteiger partial charge on any atom is 0.138 e. The zero-order valence-corrected chi connectivity index (χ0v) is 8.85. The van der Waals surface area contributed by atoms with E-state index in [9.17, 15) is 0 Å². The summed E-state index contributed by atoms with van der Waals surface area (Å²) in [6, 6.07) is 6.83. The minimum absolute atomic E-state index is 0.646. The summed E-state index contributed by atoms with van der Waals surface area (Å²) in [5.74, 6) is 2.03. The van der Waals surface area contributed by atoms with Crippen LogP contribution in [0.1, 0.15) is 19.8 Å². The van der Waals surface area contributed by atoms with Crippen molar-refractivity contribution in [2.24, 2.45) is 5.92 Å². The molecule has 3 nitrogen and oxygen atoms in total. The molecule has 0 radical (unpaired) electrons. The largest absolute Gasteiger partial charge is 0.368 e. The molecule has 0 aliphatic heterocycles. The first-order valence-electron chi connectivity index (χ1n) is 5.51. The highest BCUT2D eigenvalue weighted by Crippen LogP contribution is 2.29. The molecule has 1 saturated carbocycles. The highest BCUT2D eigenvalue weighted by molar-refractivity contribution is 5.50. The fraction of sp³-hybridized carbons (Fsp3) is 0.417. The summed E-state index contributed by atoms with van der Waals surface area (Å²) in [7, 11) is 0. The lowest BCUT2D eigenvalue weighted by Gasteiger charge is -2.34. The molecule has 1 N–H and O–H groups in total. The zero-order valence-electron chi connectivity index (χ0n) is 8.85. The van der Waals surface area contributed by atoms with E-state index in [0.717, 1.165) is 17.4 Å². The molecule has 0 bridgehead atoms. The number of nitrogens with one attached hydrogen (secondary N) is 1. The number of imidazole rings is 1. The molecule has 0 spiro atoms. The van der Waals surface area contributed by atoms with Crippen molar-refractivity contribution in [2.75, 3.05) is 5.32 Å². The van der Waals surface area contributed by atoms with Gasteiger partial charge < -0.3 is 5.32 Å². The van der Waals surface area contributed by atoms with E-state index in [-0.39, 0.29) is 0 Å². The van der Waals surface area contributed by atoms with Crippen LogP contribution in [0.5, 0.6) is 0 Å². The predicted molar refractivity (Wildman–Crippen MR) is 61.0 cm³/mol. The number of fused-ring (bicyclic) bond motifs is 1. The van der Waals surface area contributed by atoms with Crippen LogP contribution in [0.2, 0.25) is 0 Å². The van der Waals surface area contributed by atoms with Gasteiger partial charge in [-0.2, -0.15) is 0 Å². The van der Waals surface area contributed by atoms with Crippen LogP contribution in [-0.4, -0.2) is 15.4 Å². The summed E-state index contributed by atoms with van der Waals surface area (Å²) in [6.45, 7) is 2.30. The number of pyridine rings is 1. The molecule has 3 rings (SSSR count). The molecule has 0 saturated heterocycles. The lowest BCUT2D eigenvalue weighted by Crippen LogP contribution is -2.34. The number of rotatable bonds is 2. The SMILES string of the molecule is CC1CC(Nc2cccc3nccn23)C1. The van der Waals surface area contributed by atoms with E-state index in [1.165, 1.54) is 12.8 Å². The van der Waals surface area contributed by atoms with E-state index >= 15 is 0 Å². The number of hydrogen-bond acceptors (Lipinski definition) is 2. The highest BCUT2D eigenvalue weighted by atomic mass is 15.1. The van der Waals surface area contributed by atoms with Gasteiger partial charge in [-0.05, 0) is 30.9 Å². The molecule has 1 aliphatic rings. The Morgan fingerprint density at radius 1 is 1.40 bits per heavy atom. The fourth-order valence-electron chi connectivity index (χ4n) is 2.29. The van der Waals surface area contributed by atoms with Crippen molar-refractivity contribution < 1.29 is 0 Å². The Morgan fingerprint density at radius 3 is 3.07 bits per heavy atom. The van der Waals surface area contributed by atoms with Crippen LogP contribution in [0.25, 0.3) is 5.65 Å². The van der Waals surface area contributed by atoms with Crippen molar-refractivity contribution in [3.63, 3.8) is 0 Å². The molecule has 0 amide bonds. The van der Waals surface area contributed by atoms with Crippen molar-refractivity contribution in [1.29, 1.82) is 0 Å². The lowest BCUT2D eigenvalue weighted by molar-refractivity contribution is 0.308. The average Bonchev–Trinajstić information content (AvgIpc) is 2.64. The third kappa shape index (κ3) is 1.48. The molecule has 15 heavy (non-hydrogen) atoms. The monoisotopic (exact) mass is 201 g/mol. The molecule has 0 aromatic carbocycles. The number of aromatic nitrogens is 2. The van der Waals surface area contributed by atoms with Crippen LogP contribution in [-0.2, 0) is 0 Å². The Labute approximate surface area is 89.1 Å². The van der Waals surface area contributed by atoms with E-state index in [2.05, 4.69) is 27.7 Å². The predicted octanol–water partition coefficient (Wildman–Crippen LogP) is 2.54. The first-order chi connectivity index (χ1) is 7.33. The van der Waals surface area contributed by atoms with Gasteiger partial charge in [-0.3, -0.25) is 4.40 Å². The van der Waals surface area contributed by atoms with Gasteiger partial charge in [0.15, 0.2) is 0 Å². The van der Waals surface area contributed by atoms with Crippen LogP contribution in [0.15, 0.2) is 30.6 Å². The van der Waals surface area contributed by atoms with Gasteiger partial charge in [-0.15, -0.1) is 0 Å². The molecular weight excluding hydrogens is 186 g/mol. The maximum atomic E-state index is 4.27. The Bertz CT molecular complexity index is 468. The van der Waals surface area contributed by atoms with Gasteiger partial charge in [-0.25, -0.2) is 4.98 Å². The van der Waals surface area contributed by atoms with Gasteiger partial charge >= 0.3 is 0 Å². The summed E-state index contributed by atoms with van der Waals surface area (Å²) >= 11 is 0. The molecule has 1 aliphatic carbocycles. The first kappa shape index (κ1) is 8.77. The van der Waals surface area contributed by atoms with Crippen molar-refractivity contribution in [1.82, 2.24) is 9.38 Å². The Kier molecular flexibility index (Phi) is 1.91. The molecule has 1 fully saturated rings. The second-order valence-electron chi connectivity index (χ2n) is 4.48. The minimum atomic E-state index is 0.646. The number of anilines is 1. The van der Waals surface area contributed by atoms with Gasteiger partial charge in [-0.1, -0.05) is 13.0 Å². The zero-order chi connectivity index (χ0) is 10.3. The van der Waals surface area contributed by atoms with Crippen LogP contribution in [0, 0.1) is 5.92 Å². The minimum Gasteiger partial charge on any atom is -0.368 e. The summed E-state index contributed by atoms with van der Waals surface area (Å²) in [4.78, 5) is 4.27. The van der Waals surface area contributed by atoms with E-state index in [1.54, 1.807) is 0 Å². The third-order valence-corrected chi connectivity index (χ3v) is 3.15. The molecule has 0 unspecified atom stereocenters. The molecule has 0 atom stereocenters. The quantitative estimate of drug-likeness (QED) is 0.809. The normalized spacial score (nSPS) is 25.1. The Hall–Kier alpha value is -1.51. The number of hydrogen-bond donors (Lipinski definition) is 1. The summed E-state index contributed by atoms with van der Waals surface area (Å²) < 4.78 is 2.10. The van der Waals surface area contributed by atoms with Crippen molar-refractivity contribution in [2.45, 2.75) is 25.8 Å². The fourth-order valence-corrected chi connectivity index (χ4v) is 2.29. The van der Waals surface area contributed by atoms with Crippen LogP contribution >= 0.6 is 0 Å². The van der Waals surface area contributed by atoms with Gasteiger partial charge in [0.25, 0.3) is 0 Å². The Balaban J connectivity index is 1.87. The van der Waals surface area contributed by atoms with Crippen LogP contribution < -0.4 is 5.32 Å². The van der Waals surface area contributed by atoms with Crippen molar-refractivity contribution in [3.8, 4) is 0 Å². The molecule has 78 valence electrons. The second-order valence-corrected chi connectivity index (χ2v) is 4.48. The smallest absolute Gasteiger partial charge is 0.138 e. The van der Waals surface area contributed by atoms with Crippen molar-refractivity contribution in [3.05, 3.63) is 30.6 Å². The summed E-state index contributed by atoms with van der Waals surface area (Å²) in [6.07, 6.45) is 6.40. The van der Waals surface area contributed by atoms with E-state index in [4.69, 9.17) is 0 Å². The van der Waals surface area contributed by atoms with E-state index < -0.39 is 0 Å². The topological polar surface area (TPSA) is 29.3 Å². The van der Waals surface area contributed by atoms with Gasteiger partial charge in [0.2, 0.25) is 0 Å². The standard InChI is InChI=1S/C12H15N3/c1-9-7-10(8-9)14-12-4-2-3-11-13-5-6-15(11)12/h2-6,9-10,14H,7-8H2,1H3. The number of nitrogens with zero attached hydrogens (tertiary/aromatic N) is 2. The van der Waals surface area contributed by atoms with Gasteiger partial charge in [0.05, 0.1) is 0 Å². The maximum absolute atomic E-state index is 4.27. The molecule has 2 heterocycles. The van der Waals surface area contributed by atoms with E-state index in [0.29, 0.717) is 6.04 Å². The average molecular weight is 201 g/mol. The summed E-state index contributed by atoms with van der Waals surface area (Å²) in [5, 5.41) is 3.56. The molecule has 2 aromatic heterocycles. The lowest BCUT2D eigenvalue weighted by atomic mass is 9.82. The van der Waals surface area contributed by atoms with Gasteiger partial charge in [0.1, 0.15) is 11.5 Å². The molecular formula is C12H15N3. The first-order valence-corrected chi connectivity index (χ1v) is 5.51. The van der Waals surface area contributed by atoms with Crippen LogP contribution in [0.3, 0.4) is 0 Å². The Morgan fingerprint density at radius 2 is 2.27 bits per heavy atom. The second kappa shape index (κ2) is 3.26. The van der Waals surface area contributed by atoms with Crippen LogP contribution in [0.4, 0.5) is 5.82 Å². The van der Waals surface area contributed by atoms with E-state index in [1.807, 2.05) is 24.5 Å².